The van der Waals surface area contributed by atoms with E-state index in [1.807, 2.05) is 55.5 Å². The molecule has 1 aliphatic carbocycles. The SMILES string of the molecule is CCC[C@@H](NC(=O)c1occc1NC(=O)OCC1c2ccccc2-c2ccccc21)C(=O)O. The van der Waals surface area contributed by atoms with Gasteiger partial charge in [-0.25, -0.2) is 9.59 Å². The van der Waals surface area contributed by atoms with Crippen LogP contribution < -0.4 is 10.6 Å². The summed E-state index contributed by atoms with van der Waals surface area (Å²) in [7, 11) is 0. The molecule has 1 aliphatic rings. The maximum absolute atomic E-state index is 12.5. The monoisotopic (exact) mass is 448 g/mol. The molecule has 0 radical (unpaired) electrons. The second kappa shape index (κ2) is 9.60. The van der Waals surface area contributed by atoms with Gasteiger partial charge in [-0.1, -0.05) is 61.9 Å². The number of hydrogen-bond acceptors (Lipinski definition) is 5. The quantitative estimate of drug-likeness (QED) is 0.463. The van der Waals surface area contributed by atoms with Crippen molar-refractivity contribution in [2.45, 2.75) is 31.7 Å². The highest BCUT2D eigenvalue weighted by molar-refractivity contribution is 6.01. The standard InChI is InChI=1S/C25H24N2O6/c1-2-7-21(24(29)30)26-23(28)22-20(12-13-32-22)27-25(31)33-14-19-17-10-5-3-8-15(17)16-9-4-6-11-18(16)19/h3-6,8-13,19,21H,2,7,14H2,1H3,(H,26,28)(H,27,31)(H,29,30)/t21-/m1/s1. The summed E-state index contributed by atoms with van der Waals surface area (Å²) in [5, 5.41) is 14.2. The van der Waals surface area contributed by atoms with E-state index in [2.05, 4.69) is 10.6 Å². The lowest BCUT2D eigenvalue weighted by Crippen LogP contribution is -2.40. The molecule has 170 valence electrons. The van der Waals surface area contributed by atoms with Crippen LogP contribution in [0.2, 0.25) is 0 Å². The molecule has 4 rings (SSSR count). The number of rotatable bonds is 8. The Hall–Kier alpha value is -4.07. The average molecular weight is 448 g/mol. The van der Waals surface area contributed by atoms with Gasteiger partial charge in [0.15, 0.2) is 0 Å². The third kappa shape index (κ3) is 4.59. The third-order valence-corrected chi connectivity index (χ3v) is 5.63. The van der Waals surface area contributed by atoms with E-state index in [1.54, 1.807) is 0 Å². The van der Waals surface area contributed by atoms with Gasteiger partial charge in [0.2, 0.25) is 5.76 Å². The third-order valence-electron chi connectivity index (χ3n) is 5.63. The Morgan fingerprint density at radius 1 is 1.03 bits per heavy atom. The summed E-state index contributed by atoms with van der Waals surface area (Å²) in [5.74, 6) is -2.15. The minimum absolute atomic E-state index is 0.0966. The summed E-state index contributed by atoms with van der Waals surface area (Å²) < 4.78 is 10.7. The Kier molecular flexibility index (Phi) is 6.44. The van der Waals surface area contributed by atoms with Crippen molar-refractivity contribution in [3.63, 3.8) is 0 Å². The maximum atomic E-state index is 12.5. The zero-order chi connectivity index (χ0) is 23.4. The Labute approximate surface area is 190 Å². The lowest BCUT2D eigenvalue weighted by molar-refractivity contribution is -0.139. The Morgan fingerprint density at radius 3 is 2.27 bits per heavy atom. The zero-order valence-electron chi connectivity index (χ0n) is 18.0. The molecule has 3 N–H and O–H groups in total. The molecule has 0 saturated carbocycles. The minimum Gasteiger partial charge on any atom is -0.480 e. The number of carboxylic acids is 1. The summed E-state index contributed by atoms with van der Waals surface area (Å²) in [5.41, 5.74) is 4.52. The molecule has 2 aromatic carbocycles. The fourth-order valence-electron chi connectivity index (χ4n) is 4.10. The molecule has 1 atom stereocenters. The van der Waals surface area contributed by atoms with Crippen molar-refractivity contribution in [1.29, 1.82) is 0 Å². The number of furan rings is 1. The summed E-state index contributed by atoms with van der Waals surface area (Å²) in [6, 6.07) is 16.4. The van der Waals surface area contributed by atoms with Gasteiger partial charge < -0.3 is 19.6 Å². The van der Waals surface area contributed by atoms with Crippen molar-refractivity contribution in [2.75, 3.05) is 11.9 Å². The highest BCUT2D eigenvalue weighted by atomic mass is 16.5. The summed E-state index contributed by atoms with van der Waals surface area (Å²) in [4.78, 5) is 36.3. The van der Waals surface area contributed by atoms with E-state index in [-0.39, 0.29) is 30.4 Å². The number of nitrogens with one attached hydrogen (secondary N) is 2. The number of carbonyl (C=O) groups is 3. The molecule has 2 amide bonds. The second-order valence-electron chi connectivity index (χ2n) is 7.77. The van der Waals surface area contributed by atoms with Gasteiger partial charge in [-0.2, -0.15) is 0 Å². The number of benzene rings is 2. The summed E-state index contributed by atoms with van der Waals surface area (Å²) in [6.45, 7) is 1.94. The van der Waals surface area contributed by atoms with Crippen LogP contribution >= 0.6 is 0 Å². The van der Waals surface area contributed by atoms with Gasteiger partial charge >= 0.3 is 12.1 Å². The predicted molar refractivity (Wildman–Crippen MR) is 121 cm³/mol. The van der Waals surface area contributed by atoms with E-state index in [0.29, 0.717) is 6.42 Å². The summed E-state index contributed by atoms with van der Waals surface area (Å²) in [6.07, 6.45) is 1.36. The minimum atomic E-state index is -1.14. The number of hydrogen-bond donors (Lipinski definition) is 3. The molecule has 8 heteroatoms. The maximum Gasteiger partial charge on any atom is 0.411 e. The number of ether oxygens (including phenoxy) is 1. The van der Waals surface area contributed by atoms with Gasteiger partial charge in [-0.05, 0) is 28.7 Å². The first-order valence-electron chi connectivity index (χ1n) is 10.7. The number of carboxylic acid groups (broad SMARTS) is 1. The molecule has 1 aromatic heterocycles. The van der Waals surface area contributed by atoms with Crippen LogP contribution in [-0.2, 0) is 9.53 Å². The highest BCUT2D eigenvalue weighted by Crippen LogP contribution is 2.44. The van der Waals surface area contributed by atoms with Crippen LogP contribution in [0.3, 0.4) is 0 Å². The topological polar surface area (TPSA) is 118 Å². The number of fused-ring (bicyclic) bond motifs is 3. The van der Waals surface area contributed by atoms with Crippen LogP contribution in [0, 0.1) is 0 Å². The molecule has 33 heavy (non-hydrogen) atoms. The Morgan fingerprint density at radius 2 is 1.67 bits per heavy atom. The predicted octanol–water partition coefficient (Wildman–Crippen LogP) is 4.62. The highest BCUT2D eigenvalue weighted by Gasteiger charge is 2.29. The van der Waals surface area contributed by atoms with E-state index in [4.69, 9.17) is 9.15 Å². The molecule has 0 unspecified atom stereocenters. The molecular formula is C25H24N2O6. The zero-order valence-corrected chi connectivity index (χ0v) is 18.0. The molecule has 8 nitrogen and oxygen atoms in total. The van der Waals surface area contributed by atoms with Crippen LogP contribution in [-0.4, -0.2) is 35.7 Å². The van der Waals surface area contributed by atoms with E-state index in [9.17, 15) is 19.5 Å². The fourth-order valence-corrected chi connectivity index (χ4v) is 4.10. The van der Waals surface area contributed by atoms with E-state index >= 15 is 0 Å². The largest absolute Gasteiger partial charge is 0.480 e. The second-order valence-corrected chi connectivity index (χ2v) is 7.77. The van der Waals surface area contributed by atoms with Crippen molar-refractivity contribution in [1.82, 2.24) is 5.32 Å². The number of aliphatic carboxylic acids is 1. The van der Waals surface area contributed by atoms with E-state index in [1.165, 1.54) is 12.3 Å². The van der Waals surface area contributed by atoms with Gasteiger partial charge in [0.05, 0.1) is 12.0 Å². The normalized spacial score (nSPS) is 13.0. The lowest BCUT2D eigenvalue weighted by atomic mass is 9.98. The van der Waals surface area contributed by atoms with Crippen molar-refractivity contribution >= 4 is 23.7 Å². The number of anilines is 1. The van der Waals surface area contributed by atoms with Crippen LogP contribution in [0.4, 0.5) is 10.5 Å². The van der Waals surface area contributed by atoms with Crippen molar-refractivity contribution in [2.24, 2.45) is 0 Å². The number of carbonyl (C=O) groups excluding carboxylic acids is 2. The van der Waals surface area contributed by atoms with Crippen molar-refractivity contribution < 1.29 is 28.6 Å². The smallest absolute Gasteiger partial charge is 0.411 e. The van der Waals surface area contributed by atoms with E-state index < -0.39 is 24.0 Å². The van der Waals surface area contributed by atoms with Crippen molar-refractivity contribution in [3.8, 4) is 11.1 Å². The lowest BCUT2D eigenvalue weighted by Gasteiger charge is -2.15. The van der Waals surface area contributed by atoms with Crippen LogP contribution in [0.5, 0.6) is 0 Å². The van der Waals surface area contributed by atoms with Gasteiger partial charge in [0.25, 0.3) is 5.91 Å². The average Bonchev–Trinajstić information content (AvgIpc) is 3.40. The van der Waals surface area contributed by atoms with Crippen LogP contribution in [0.15, 0.2) is 65.3 Å². The van der Waals surface area contributed by atoms with E-state index in [0.717, 1.165) is 22.3 Å². The molecule has 0 aliphatic heterocycles. The first-order valence-corrected chi connectivity index (χ1v) is 10.7. The van der Waals surface area contributed by atoms with Crippen LogP contribution in [0.25, 0.3) is 11.1 Å². The molecule has 0 saturated heterocycles. The molecule has 0 bridgehead atoms. The van der Waals surface area contributed by atoms with Gasteiger partial charge in [0, 0.05) is 12.0 Å². The molecule has 0 fully saturated rings. The molecule has 0 spiro atoms. The van der Waals surface area contributed by atoms with Gasteiger partial charge in [-0.3, -0.25) is 10.1 Å². The van der Waals surface area contributed by atoms with Gasteiger partial charge in [-0.15, -0.1) is 0 Å². The number of amides is 2. The Bertz CT molecular complexity index is 1140. The Balaban J connectivity index is 1.41. The first kappa shape index (κ1) is 22.1. The molecule has 3 aromatic rings. The van der Waals surface area contributed by atoms with Gasteiger partial charge in [0.1, 0.15) is 12.6 Å². The fraction of sp³-hybridized carbons (Fsp3) is 0.240. The van der Waals surface area contributed by atoms with Crippen molar-refractivity contribution in [3.05, 3.63) is 77.7 Å². The summed E-state index contributed by atoms with van der Waals surface area (Å²) >= 11 is 0. The molecular weight excluding hydrogens is 424 g/mol. The van der Waals surface area contributed by atoms with Crippen LogP contribution in [0.1, 0.15) is 47.4 Å². The molecule has 1 heterocycles. The first-order chi connectivity index (χ1) is 16.0.